The number of methoxy groups -OCH3 is 3. The Balaban J connectivity index is 0.924. The van der Waals surface area contributed by atoms with Crippen LogP contribution in [-0.4, -0.2) is 128 Å². The van der Waals surface area contributed by atoms with Crippen LogP contribution < -0.4 is 39.0 Å². The number of hydrogen-bond acceptors (Lipinski definition) is 16. The topological polar surface area (TPSA) is 193 Å². The Hall–Kier alpha value is -7.80. The van der Waals surface area contributed by atoms with Crippen LogP contribution in [0.25, 0.3) is 0 Å². The van der Waals surface area contributed by atoms with Crippen molar-refractivity contribution in [1.29, 1.82) is 0 Å². The van der Waals surface area contributed by atoms with Gasteiger partial charge in [0.15, 0.2) is 34.6 Å². The van der Waals surface area contributed by atoms with E-state index in [2.05, 4.69) is 16.3 Å². The lowest BCUT2D eigenvalue weighted by Gasteiger charge is -2.26. The van der Waals surface area contributed by atoms with E-state index < -0.39 is 12.1 Å². The number of para-hydroxylation sites is 2. The third-order valence-corrected chi connectivity index (χ3v) is 14.2. The predicted octanol–water partition coefficient (Wildman–Crippen LogP) is 7.26. The number of benzene rings is 5. The number of carbonyl (C=O) groups excluding carboxylic acids is 5. The number of ketones is 2. The number of rotatable bonds is 23. The summed E-state index contributed by atoms with van der Waals surface area (Å²) >= 11 is 0. The summed E-state index contributed by atoms with van der Waals surface area (Å²) in [6.07, 6.45) is 2.31. The van der Waals surface area contributed by atoms with Gasteiger partial charge in [0.2, 0.25) is 6.10 Å². The van der Waals surface area contributed by atoms with Gasteiger partial charge in [-0.05, 0) is 77.6 Å². The molecule has 0 aromatic heterocycles. The Morgan fingerprint density at radius 1 is 0.671 bits per heavy atom. The molecule has 1 N–H and O–H groups in total. The second-order valence-electron chi connectivity index (χ2n) is 19.2. The number of anilines is 4. The molecule has 396 valence electrons. The van der Waals surface area contributed by atoms with Gasteiger partial charge in [-0.3, -0.25) is 33.9 Å². The fourth-order valence-electron chi connectivity index (χ4n) is 10.4. The van der Waals surface area contributed by atoms with Gasteiger partial charge in [-0.25, -0.2) is 0 Å². The van der Waals surface area contributed by atoms with Crippen molar-refractivity contribution in [3.8, 4) is 23.0 Å². The van der Waals surface area contributed by atoms with Crippen LogP contribution in [0, 0.1) is 0 Å². The zero-order valence-electron chi connectivity index (χ0n) is 42.9. The average Bonchev–Trinajstić information content (AvgIpc) is 4.05. The number of esters is 1. The van der Waals surface area contributed by atoms with Crippen LogP contribution in [0.1, 0.15) is 68.7 Å². The highest BCUT2D eigenvalue weighted by atomic mass is 16.6. The van der Waals surface area contributed by atoms with E-state index in [-0.39, 0.29) is 67.9 Å². The Labute approximate surface area is 440 Å². The minimum Gasteiger partial charge on any atom is -0.493 e. The number of fused-ring (bicyclic) bond motifs is 8. The summed E-state index contributed by atoms with van der Waals surface area (Å²) in [6, 6.07) is 28.4. The molecule has 4 aliphatic heterocycles. The maximum atomic E-state index is 14.2. The average molecular weight is 1040 g/mol. The highest BCUT2D eigenvalue weighted by Gasteiger charge is 2.39. The molecule has 5 aromatic rings. The van der Waals surface area contributed by atoms with Crippen LogP contribution >= 0.6 is 0 Å². The highest BCUT2D eigenvalue weighted by molar-refractivity contribution is 6.15. The molecule has 0 radical (unpaired) electrons. The first-order chi connectivity index (χ1) is 37.1. The van der Waals surface area contributed by atoms with Crippen molar-refractivity contribution >= 4 is 64.0 Å². The predicted molar refractivity (Wildman–Crippen MR) is 283 cm³/mol. The number of Topliss-reactive ketones (excluding diaryl/α,β-unsaturated/α-hetero) is 2. The molecule has 18 heteroatoms. The third kappa shape index (κ3) is 11.1. The number of carbonyl (C=O) groups is 5. The minimum absolute atomic E-state index is 0.0334. The fourth-order valence-corrected chi connectivity index (χ4v) is 10.4. The lowest BCUT2D eigenvalue weighted by atomic mass is 10.1. The Morgan fingerprint density at radius 3 is 1.99 bits per heavy atom. The monoisotopic (exact) mass is 1040 g/mol. The van der Waals surface area contributed by atoms with Crippen LogP contribution in [0.2, 0.25) is 0 Å². The van der Waals surface area contributed by atoms with Gasteiger partial charge < -0.3 is 53.0 Å². The van der Waals surface area contributed by atoms with Crippen LogP contribution in [0.4, 0.5) is 28.4 Å². The molecule has 1 saturated carbocycles. The van der Waals surface area contributed by atoms with Gasteiger partial charge in [0.05, 0.1) is 81.8 Å². The van der Waals surface area contributed by atoms with E-state index >= 15 is 0 Å². The van der Waals surface area contributed by atoms with E-state index in [0.717, 1.165) is 45.7 Å². The normalized spacial score (nSPS) is 17.2. The van der Waals surface area contributed by atoms with Gasteiger partial charge >= 0.3 is 5.97 Å². The molecule has 0 saturated heterocycles. The maximum absolute atomic E-state index is 14.2. The molecule has 0 bridgehead atoms. The molecular weight excluding hydrogens is 975 g/mol. The summed E-state index contributed by atoms with van der Waals surface area (Å²) in [5.74, 6) is -0.136. The summed E-state index contributed by atoms with van der Waals surface area (Å²) in [4.78, 5) is 76.5. The van der Waals surface area contributed by atoms with E-state index in [1.54, 1.807) is 37.3 Å². The molecule has 4 heterocycles. The van der Waals surface area contributed by atoms with Crippen molar-refractivity contribution in [3.05, 3.63) is 124 Å². The largest absolute Gasteiger partial charge is 0.493 e. The van der Waals surface area contributed by atoms with Crippen molar-refractivity contribution in [2.75, 3.05) is 94.0 Å². The zero-order valence-corrected chi connectivity index (χ0v) is 42.9. The minimum atomic E-state index is -1.34. The molecule has 18 nitrogen and oxygen atoms in total. The van der Waals surface area contributed by atoms with Crippen molar-refractivity contribution < 1.29 is 61.9 Å². The maximum Gasteiger partial charge on any atom is 0.307 e. The van der Waals surface area contributed by atoms with Gasteiger partial charge in [-0.15, -0.1) is 0 Å². The first-order valence-corrected chi connectivity index (χ1v) is 25.7. The molecule has 1 aliphatic carbocycles. The van der Waals surface area contributed by atoms with E-state index in [1.165, 1.54) is 7.11 Å². The van der Waals surface area contributed by atoms with E-state index in [0.29, 0.717) is 111 Å². The van der Waals surface area contributed by atoms with E-state index in [4.69, 9.17) is 42.9 Å². The number of nitrogens with zero attached hydrogens (tertiary/aromatic N) is 4. The first kappa shape index (κ1) is 51.7. The number of ether oxygens (including phenoxy) is 8. The van der Waals surface area contributed by atoms with Crippen molar-refractivity contribution in [1.82, 2.24) is 0 Å². The molecule has 2 amide bonds. The first-order valence-electron chi connectivity index (χ1n) is 25.7. The molecule has 76 heavy (non-hydrogen) atoms. The number of aliphatic imine (C=N–C) groups is 1. The van der Waals surface area contributed by atoms with Crippen molar-refractivity contribution in [2.45, 2.75) is 69.9 Å². The van der Waals surface area contributed by atoms with Crippen LogP contribution in [0.15, 0.2) is 96.0 Å². The summed E-state index contributed by atoms with van der Waals surface area (Å²) in [6.45, 7) is 3.40. The molecule has 0 spiro atoms. The van der Waals surface area contributed by atoms with Gasteiger partial charge in [0.25, 0.3) is 11.8 Å². The van der Waals surface area contributed by atoms with Crippen LogP contribution in [-0.2, 0) is 59.4 Å². The third-order valence-electron chi connectivity index (χ3n) is 14.2. The number of hydrogen-bond donors (Lipinski definition) is 1. The summed E-state index contributed by atoms with van der Waals surface area (Å²) < 4.78 is 46.9. The molecule has 5 aromatic carbocycles. The van der Waals surface area contributed by atoms with E-state index in [9.17, 15) is 24.0 Å². The quantitative estimate of drug-likeness (QED) is 0.0390. The molecule has 10 rings (SSSR count). The van der Waals surface area contributed by atoms with Crippen molar-refractivity contribution in [2.24, 2.45) is 4.99 Å². The summed E-state index contributed by atoms with van der Waals surface area (Å²) in [5.41, 5.74) is 8.22. The van der Waals surface area contributed by atoms with Gasteiger partial charge in [0, 0.05) is 87.8 Å². The smallest absolute Gasteiger partial charge is 0.307 e. The zero-order chi connectivity index (χ0) is 52.7. The number of nitrogens with one attached hydrogen (secondary N) is 1. The van der Waals surface area contributed by atoms with Gasteiger partial charge in [-0.2, -0.15) is 0 Å². The summed E-state index contributed by atoms with van der Waals surface area (Å²) in [7, 11) is 4.68. The standard InChI is InChI=1S/C58H61N5O13/c1-69-19-20-73-22-21-72-18-17-61(16-8-13-55(66)76-56-49(64)14-15-50(56)65)40-24-36(34-74-53-30-45-43(28-51(53)70-2)57(67)62-41(32-59-45)26-38-9-4-6-11-47(38)62)23-37(25-40)35-75-54-31-46-44(29-52(54)71-3)58(68)63-42(33-60-46)27-39-10-5-7-12-48(39)63/h4-7,9-12,23-25,28-32,41-42,56,60H,8,13-22,26-27,33-35H2,1-3H3/t41-,42-/m0/s1. The second kappa shape index (κ2) is 23.4. The molecule has 5 aliphatic rings. The molecule has 2 atom stereocenters. The Morgan fingerprint density at radius 2 is 1.29 bits per heavy atom. The highest BCUT2D eigenvalue weighted by Crippen LogP contribution is 2.43. The van der Waals surface area contributed by atoms with Gasteiger partial charge in [-0.1, -0.05) is 36.4 Å². The lowest BCUT2D eigenvalue weighted by Crippen LogP contribution is -2.39. The van der Waals surface area contributed by atoms with Crippen LogP contribution in [0.5, 0.6) is 23.0 Å². The molecule has 0 unspecified atom stereocenters. The molecule has 1 fully saturated rings. The van der Waals surface area contributed by atoms with Crippen LogP contribution in [0.3, 0.4) is 0 Å². The number of amides is 2. The Kier molecular flexibility index (Phi) is 15.9. The SMILES string of the molecule is COCCOCCOCCN(CCCC(=O)OC1C(=O)CCC1=O)c1cc(COc2cc3c(cc2OC)C(=O)N2c4ccccc4C[C@H]2C=N3)cc(COc2cc3c(cc2OC)C(=O)N2c4ccccc4C[C@H]2CN3)c1. The molecular formula is C58H61N5O13. The van der Waals surface area contributed by atoms with E-state index in [1.807, 2.05) is 77.8 Å². The van der Waals surface area contributed by atoms with Gasteiger partial charge in [0.1, 0.15) is 13.2 Å². The summed E-state index contributed by atoms with van der Waals surface area (Å²) in [5, 5.41) is 3.51. The lowest BCUT2D eigenvalue weighted by molar-refractivity contribution is -0.157. The Bertz CT molecular complexity index is 3040. The fraction of sp³-hybridized carbons (Fsp3) is 0.379. The second-order valence-corrected chi connectivity index (χ2v) is 19.2. The van der Waals surface area contributed by atoms with Crippen molar-refractivity contribution in [3.63, 3.8) is 0 Å².